The van der Waals surface area contributed by atoms with Crippen molar-refractivity contribution in [3.63, 3.8) is 0 Å². The van der Waals surface area contributed by atoms with Gasteiger partial charge in [-0.2, -0.15) is 13.2 Å². The Morgan fingerprint density at radius 1 is 1.15 bits per heavy atom. The van der Waals surface area contributed by atoms with Gasteiger partial charge in [0, 0.05) is 5.69 Å². The molecule has 1 aliphatic rings. The molecule has 0 radical (unpaired) electrons. The van der Waals surface area contributed by atoms with Gasteiger partial charge in [0.2, 0.25) is 5.91 Å². The van der Waals surface area contributed by atoms with Crippen molar-refractivity contribution < 1.29 is 37.0 Å². The van der Waals surface area contributed by atoms with E-state index in [2.05, 4.69) is 5.32 Å². The van der Waals surface area contributed by atoms with E-state index in [0.717, 1.165) is 23.1 Å². The van der Waals surface area contributed by atoms with Crippen molar-refractivity contribution in [1.82, 2.24) is 4.90 Å². The van der Waals surface area contributed by atoms with E-state index >= 15 is 0 Å². The predicted molar refractivity (Wildman–Crippen MR) is 117 cm³/mol. The number of carbonyl (C=O) groups is 3. The number of hydrogen-bond acceptors (Lipinski definition) is 6. The molecule has 0 atom stereocenters. The van der Waals surface area contributed by atoms with Crippen molar-refractivity contribution in [2.45, 2.75) is 13.1 Å². The van der Waals surface area contributed by atoms with Crippen LogP contribution in [-0.2, 0) is 15.8 Å². The molecular formula is C22H19F3N2O5S. The number of alkyl halides is 3. The Morgan fingerprint density at radius 2 is 1.91 bits per heavy atom. The topological polar surface area (TPSA) is 84.9 Å². The summed E-state index contributed by atoms with van der Waals surface area (Å²) in [6.45, 7) is 1.57. The van der Waals surface area contributed by atoms with Crippen molar-refractivity contribution in [3.8, 4) is 11.5 Å². The third-order valence-electron chi connectivity index (χ3n) is 4.43. The van der Waals surface area contributed by atoms with Gasteiger partial charge in [-0.05, 0) is 60.7 Å². The molecule has 1 heterocycles. The first-order valence-corrected chi connectivity index (χ1v) is 10.5. The highest BCUT2D eigenvalue weighted by Crippen LogP contribution is 2.35. The Kier molecular flexibility index (Phi) is 7.32. The summed E-state index contributed by atoms with van der Waals surface area (Å²) < 4.78 is 49.2. The predicted octanol–water partition coefficient (Wildman–Crippen LogP) is 4.79. The van der Waals surface area contributed by atoms with Gasteiger partial charge in [-0.1, -0.05) is 12.1 Å². The lowest BCUT2D eigenvalue weighted by atomic mass is 10.2. The lowest BCUT2D eigenvalue weighted by Crippen LogP contribution is -2.36. The van der Waals surface area contributed by atoms with E-state index in [1.165, 1.54) is 19.3 Å². The molecule has 3 amide bonds. The van der Waals surface area contributed by atoms with Crippen LogP contribution in [-0.4, -0.2) is 42.2 Å². The smallest absolute Gasteiger partial charge is 0.416 e. The van der Waals surface area contributed by atoms with Crippen LogP contribution < -0.4 is 14.8 Å². The average Bonchev–Trinajstić information content (AvgIpc) is 3.01. The summed E-state index contributed by atoms with van der Waals surface area (Å²) >= 11 is 0.658. The summed E-state index contributed by atoms with van der Waals surface area (Å²) in [5, 5.41) is 1.61. The van der Waals surface area contributed by atoms with Gasteiger partial charge in [0.15, 0.2) is 11.5 Å². The Balaban J connectivity index is 1.71. The number of methoxy groups -OCH3 is 1. The first-order valence-electron chi connectivity index (χ1n) is 9.65. The maximum absolute atomic E-state index is 12.8. The Hall–Kier alpha value is -3.47. The number of carbonyl (C=O) groups excluding carboxylic acids is 3. The molecule has 1 N–H and O–H groups in total. The van der Waals surface area contributed by atoms with Gasteiger partial charge in [0.25, 0.3) is 11.1 Å². The molecule has 0 bridgehead atoms. The molecule has 2 aromatic carbocycles. The minimum atomic E-state index is -4.57. The molecule has 3 rings (SSSR count). The number of rotatable bonds is 7. The van der Waals surface area contributed by atoms with E-state index in [-0.39, 0.29) is 10.6 Å². The zero-order valence-electron chi connectivity index (χ0n) is 17.6. The Bertz CT molecular complexity index is 1120. The minimum Gasteiger partial charge on any atom is -0.493 e. The van der Waals surface area contributed by atoms with Crippen LogP contribution >= 0.6 is 11.8 Å². The lowest BCUT2D eigenvalue weighted by molar-refractivity contribution is -0.137. The number of benzene rings is 2. The van der Waals surface area contributed by atoms with Crippen LogP contribution in [0, 0.1) is 0 Å². The molecule has 0 spiro atoms. The number of nitrogens with zero attached hydrogens (tertiary/aromatic N) is 1. The van der Waals surface area contributed by atoms with Crippen LogP contribution in [0.5, 0.6) is 11.5 Å². The lowest BCUT2D eigenvalue weighted by Gasteiger charge is -2.13. The highest BCUT2D eigenvalue weighted by molar-refractivity contribution is 8.18. The van der Waals surface area contributed by atoms with Gasteiger partial charge in [-0.3, -0.25) is 19.3 Å². The number of nitrogens with one attached hydrogen (secondary N) is 1. The van der Waals surface area contributed by atoms with Crippen LogP contribution in [0.3, 0.4) is 0 Å². The summed E-state index contributed by atoms with van der Waals surface area (Å²) in [5.74, 6) is -0.513. The first-order chi connectivity index (χ1) is 15.6. The summed E-state index contributed by atoms with van der Waals surface area (Å²) in [4.78, 5) is 38.0. The Morgan fingerprint density at radius 3 is 2.58 bits per heavy atom. The van der Waals surface area contributed by atoms with Crippen LogP contribution in [0.25, 0.3) is 6.08 Å². The first kappa shape index (κ1) is 24.2. The molecule has 33 heavy (non-hydrogen) atoms. The molecule has 7 nitrogen and oxygen atoms in total. The van der Waals surface area contributed by atoms with E-state index in [0.29, 0.717) is 35.4 Å². The molecule has 0 saturated carbocycles. The second-order valence-electron chi connectivity index (χ2n) is 6.74. The Labute approximate surface area is 191 Å². The monoisotopic (exact) mass is 480 g/mol. The van der Waals surface area contributed by atoms with Gasteiger partial charge < -0.3 is 14.8 Å². The fourth-order valence-electron chi connectivity index (χ4n) is 2.96. The fourth-order valence-corrected chi connectivity index (χ4v) is 3.79. The van der Waals surface area contributed by atoms with Crippen LogP contribution in [0.1, 0.15) is 18.1 Å². The van der Waals surface area contributed by atoms with E-state index in [4.69, 9.17) is 9.47 Å². The number of hydrogen-bond donors (Lipinski definition) is 1. The van der Waals surface area contributed by atoms with Crippen molar-refractivity contribution in [2.24, 2.45) is 0 Å². The van der Waals surface area contributed by atoms with E-state index in [1.807, 2.05) is 6.92 Å². The average molecular weight is 480 g/mol. The third kappa shape index (κ3) is 5.86. The van der Waals surface area contributed by atoms with Crippen LogP contribution in [0.4, 0.5) is 23.7 Å². The van der Waals surface area contributed by atoms with E-state index in [9.17, 15) is 27.6 Å². The number of halogens is 3. The minimum absolute atomic E-state index is 0.0967. The summed E-state index contributed by atoms with van der Waals surface area (Å²) in [5.41, 5.74) is -0.447. The maximum atomic E-state index is 12.8. The van der Waals surface area contributed by atoms with Gasteiger partial charge in [0.1, 0.15) is 6.54 Å². The number of ether oxygens (including phenoxy) is 2. The normalized spacial score (nSPS) is 15.2. The SMILES string of the molecule is CCOc1cc(/C=C2\SC(=O)N(CC(=O)Nc3cccc(C(F)(F)F)c3)C2=O)ccc1OC. The number of thioether (sulfide) groups is 1. The molecular weight excluding hydrogens is 461 g/mol. The molecule has 0 unspecified atom stereocenters. The molecule has 1 saturated heterocycles. The molecule has 1 fully saturated rings. The van der Waals surface area contributed by atoms with E-state index < -0.39 is 35.3 Å². The van der Waals surface area contributed by atoms with Gasteiger partial charge in [-0.15, -0.1) is 0 Å². The molecule has 174 valence electrons. The summed E-state index contributed by atoms with van der Waals surface area (Å²) in [6.07, 6.45) is -3.08. The summed E-state index contributed by atoms with van der Waals surface area (Å²) in [6, 6.07) is 9.04. The fraction of sp³-hybridized carbons (Fsp3) is 0.227. The molecule has 1 aliphatic heterocycles. The third-order valence-corrected chi connectivity index (χ3v) is 5.34. The van der Waals surface area contributed by atoms with E-state index in [1.54, 1.807) is 18.2 Å². The van der Waals surface area contributed by atoms with Crippen molar-refractivity contribution >= 4 is 40.6 Å². The molecule has 0 aliphatic carbocycles. The second-order valence-corrected chi connectivity index (χ2v) is 7.73. The molecule has 11 heteroatoms. The largest absolute Gasteiger partial charge is 0.493 e. The molecule has 0 aromatic heterocycles. The maximum Gasteiger partial charge on any atom is 0.416 e. The van der Waals surface area contributed by atoms with Crippen molar-refractivity contribution in [1.29, 1.82) is 0 Å². The quantitative estimate of drug-likeness (QED) is 0.574. The summed E-state index contributed by atoms with van der Waals surface area (Å²) in [7, 11) is 1.49. The van der Waals surface area contributed by atoms with Crippen LogP contribution in [0.2, 0.25) is 0 Å². The highest BCUT2D eigenvalue weighted by Gasteiger charge is 2.36. The second kappa shape index (κ2) is 9.99. The van der Waals surface area contributed by atoms with Crippen molar-refractivity contribution in [2.75, 3.05) is 25.6 Å². The zero-order chi connectivity index (χ0) is 24.2. The standard InChI is InChI=1S/C22H19F3N2O5S/c1-3-32-17-9-13(7-8-16(17)31-2)10-18-20(29)27(21(30)33-18)12-19(28)26-15-6-4-5-14(11-15)22(23,24)25/h4-11H,3,12H2,1-2H3,(H,26,28)/b18-10-. The van der Waals surface area contributed by atoms with Crippen molar-refractivity contribution in [3.05, 3.63) is 58.5 Å². The number of anilines is 1. The number of imide groups is 1. The number of amides is 3. The van der Waals surface area contributed by atoms with Crippen LogP contribution in [0.15, 0.2) is 47.4 Å². The van der Waals surface area contributed by atoms with Gasteiger partial charge >= 0.3 is 6.18 Å². The van der Waals surface area contributed by atoms with Gasteiger partial charge in [0.05, 0.1) is 24.2 Å². The van der Waals surface area contributed by atoms with Gasteiger partial charge in [-0.25, -0.2) is 0 Å². The highest BCUT2D eigenvalue weighted by atomic mass is 32.2. The molecule has 2 aromatic rings. The zero-order valence-corrected chi connectivity index (χ0v) is 18.4.